The summed E-state index contributed by atoms with van der Waals surface area (Å²) in [6.07, 6.45) is 1.05. The van der Waals surface area contributed by atoms with Crippen molar-refractivity contribution in [3.05, 3.63) is 54.1 Å². The number of aryl methyl sites for hydroxylation is 1. The zero-order valence-corrected chi connectivity index (χ0v) is 9.68. The fourth-order valence-corrected chi connectivity index (χ4v) is 1.99. The number of aromatic nitrogens is 1. The van der Waals surface area contributed by atoms with Crippen LogP contribution in [0.3, 0.4) is 0 Å². The first-order valence-electron chi connectivity index (χ1n) is 5.82. The van der Waals surface area contributed by atoms with E-state index in [-0.39, 0.29) is 0 Å². The highest BCUT2D eigenvalue weighted by Gasteiger charge is 2.09. The molecule has 0 aliphatic rings. The van der Waals surface area contributed by atoms with E-state index in [0.29, 0.717) is 0 Å². The fourth-order valence-electron chi connectivity index (χ4n) is 1.99. The van der Waals surface area contributed by atoms with Crippen molar-refractivity contribution in [3.8, 4) is 11.3 Å². The highest BCUT2D eigenvalue weighted by Crippen LogP contribution is 2.28. The smallest absolute Gasteiger partial charge is 0.174 e. The standard InChI is InChI=1S/C15H13NO/c1-2-11-7-9-12(10-8-11)15-13-5-3-4-6-14(13)16-17-15/h3-10H,2H2,1H3. The molecule has 0 unspecified atom stereocenters. The van der Waals surface area contributed by atoms with Gasteiger partial charge >= 0.3 is 0 Å². The Morgan fingerprint density at radius 3 is 2.53 bits per heavy atom. The Bertz CT molecular complexity index is 637. The number of rotatable bonds is 2. The molecule has 0 fully saturated rings. The SMILES string of the molecule is CCc1ccc(-c2onc3ccccc23)cc1. The van der Waals surface area contributed by atoms with Crippen LogP contribution in [0.15, 0.2) is 53.1 Å². The van der Waals surface area contributed by atoms with Crippen LogP contribution < -0.4 is 0 Å². The highest BCUT2D eigenvalue weighted by molar-refractivity contribution is 5.91. The van der Waals surface area contributed by atoms with Gasteiger partial charge in [0.15, 0.2) is 5.76 Å². The predicted molar refractivity (Wildman–Crippen MR) is 68.8 cm³/mol. The van der Waals surface area contributed by atoms with Crippen LogP contribution >= 0.6 is 0 Å². The molecule has 0 aliphatic carbocycles. The average molecular weight is 223 g/mol. The molecule has 0 atom stereocenters. The third-order valence-electron chi connectivity index (χ3n) is 3.01. The van der Waals surface area contributed by atoms with E-state index in [1.165, 1.54) is 5.56 Å². The Morgan fingerprint density at radius 2 is 1.76 bits per heavy atom. The first-order valence-corrected chi connectivity index (χ1v) is 5.82. The highest BCUT2D eigenvalue weighted by atomic mass is 16.5. The third-order valence-corrected chi connectivity index (χ3v) is 3.01. The lowest BCUT2D eigenvalue weighted by Gasteiger charge is -1.99. The van der Waals surface area contributed by atoms with Crippen LogP contribution in [0.25, 0.3) is 22.2 Å². The molecule has 0 saturated carbocycles. The molecule has 3 rings (SSSR count). The Balaban J connectivity index is 2.13. The lowest BCUT2D eigenvalue weighted by Crippen LogP contribution is -1.80. The first kappa shape index (κ1) is 10.1. The molecule has 2 heteroatoms. The second-order valence-electron chi connectivity index (χ2n) is 4.08. The molecule has 0 amide bonds. The molecule has 0 N–H and O–H groups in total. The van der Waals surface area contributed by atoms with Crippen LogP contribution in [0.2, 0.25) is 0 Å². The number of hydrogen-bond donors (Lipinski definition) is 0. The minimum Gasteiger partial charge on any atom is -0.355 e. The second-order valence-corrected chi connectivity index (χ2v) is 4.08. The Hall–Kier alpha value is -2.09. The summed E-state index contributed by atoms with van der Waals surface area (Å²) in [6.45, 7) is 2.15. The molecule has 0 radical (unpaired) electrons. The first-order chi connectivity index (χ1) is 8.38. The second kappa shape index (κ2) is 4.06. The lowest BCUT2D eigenvalue weighted by atomic mass is 10.1. The Kier molecular flexibility index (Phi) is 2.41. The summed E-state index contributed by atoms with van der Waals surface area (Å²) in [4.78, 5) is 0. The van der Waals surface area contributed by atoms with Crippen LogP contribution in [0, 0.1) is 0 Å². The predicted octanol–water partition coefficient (Wildman–Crippen LogP) is 4.06. The van der Waals surface area contributed by atoms with Crippen LogP contribution in [0.4, 0.5) is 0 Å². The van der Waals surface area contributed by atoms with Gasteiger partial charge in [-0.25, -0.2) is 0 Å². The number of hydrogen-bond acceptors (Lipinski definition) is 2. The Labute approximate surface area is 99.9 Å². The molecule has 2 nitrogen and oxygen atoms in total. The van der Waals surface area contributed by atoms with Crippen LogP contribution in [-0.4, -0.2) is 5.16 Å². The van der Waals surface area contributed by atoms with Crippen molar-refractivity contribution >= 4 is 10.9 Å². The van der Waals surface area contributed by atoms with Gasteiger partial charge in [-0.05, 0) is 24.1 Å². The van der Waals surface area contributed by atoms with Crippen molar-refractivity contribution in [3.63, 3.8) is 0 Å². The van der Waals surface area contributed by atoms with E-state index >= 15 is 0 Å². The van der Waals surface area contributed by atoms with Gasteiger partial charge in [-0.15, -0.1) is 0 Å². The molecule has 0 spiro atoms. The third kappa shape index (κ3) is 1.72. The maximum Gasteiger partial charge on any atom is 0.174 e. The van der Waals surface area contributed by atoms with E-state index in [2.05, 4.69) is 36.3 Å². The molecule has 17 heavy (non-hydrogen) atoms. The van der Waals surface area contributed by atoms with Crippen molar-refractivity contribution in [2.75, 3.05) is 0 Å². The van der Waals surface area contributed by atoms with Crippen molar-refractivity contribution in [2.24, 2.45) is 0 Å². The monoisotopic (exact) mass is 223 g/mol. The zero-order chi connectivity index (χ0) is 11.7. The van der Waals surface area contributed by atoms with Gasteiger partial charge in [-0.3, -0.25) is 0 Å². The normalized spacial score (nSPS) is 10.9. The van der Waals surface area contributed by atoms with Crippen molar-refractivity contribution in [2.45, 2.75) is 13.3 Å². The quantitative estimate of drug-likeness (QED) is 0.654. The van der Waals surface area contributed by atoms with Crippen molar-refractivity contribution < 1.29 is 4.52 Å². The summed E-state index contributed by atoms with van der Waals surface area (Å²) < 4.78 is 5.42. The van der Waals surface area contributed by atoms with Gasteiger partial charge < -0.3 is 4.52 Å². The van der Waals surface area contributed by atoms with Gasteiger partial charge in [0.25, 0.3) is 0 Å². The molecule has 0 bridgehead atoms. The summed E-state index contributed by atoms with van der Waals surface area (Å²) in [5.74, 6) is 0.850. The van der Waals surface area contributed by atoms with E-state index in [9.17, 15) is 0 Å². The molecule has 1 aromatic heterocycles. The van der Waals surface area contributed by atoms with Gasteiger partial charge in [-0.1, -0.05) is 48.5 Å². The molecule has 2 aromatic carbocycles. The van der Waals surface area contributed by atoms with Crippen LogP contribution in [0.1, 0.15) is 12.5 Å². The largest absolute Gasteiger partial charge is 0.355 e. The lowest BCUT2D eigenvalue weighted by molar-refractivity contribution is 0.441. The van der Waals surface area contributed by atoms with Gasteiger partial charge in [-0.2, -0.15) is 0 Å². The summed E-state index contributed by atoms with van der Waals surface area (Å²) in [6, 6.07) is 16.4. The van der Waals surface area contributed by atoms with Gasteiger partial charge in [0.1, 0.15) is 5.52 Å². The summed E-state index contributed by atoms with van der Waals surface area (Å²) in [5, 5.41) is 5.13. The summed E-state index contributed by atoms with van der Waals surface area (Å²) >= 11 is 0. The van der Waals surface area contributed by atoms with E-state index in [1.54, 1.807) is 0 Å². The number of nitrogens with zero attached hydrogens (tertiary/aromatic N) is 1. The average Bonchev–Trinajstić information content (AvgIpc) is 2.83. The van der Waals surface area contributed by atoms with E-state index in [1.807, 2.05) is 24.3 Å². The van der Waals surface area contributed by atoms with Crippen molar-refractivity contribution in [1.82, 2.24) is 5.16 Å². The van der Waals surface area contributed by atoms with Crippen LogP contribution in [0.5, 0.6) is 0 Å². The maximum atomic E-state index is 5.42. The molecular weight excluding hydrogens is 210 g/mol. The zero-order valence-electron chi connectivity index (χ0n) is 9.68. The number of fused-ring (bicyclic) bond motifs is 1. The number of benzene rings is 2. The molecule has 1 heterocycles. The topological polar surface area (TPSA) is 26.0 Å². The molecule has 84 valence electrons. The molecular formula is C15H13NO. The van der Waals surface area contributed by atoms with Gasteiger partial charge in [0.2, 0.25) is 0 Å². The summed E-state index contributed by atoms with van der Waals surface area (Å²) in [5.41, 5.74) is 3.32. The van der Waals surface area contributed by atoms with E-state index < -0.39 is 0 Å². The molecule has 0 aliphatic heterocycles. The molecule has 0 saturated heterocycles. The maximum absolute atomic E-state index is 5.42. The van der Waals surface area contributed by atoms with Crippen LogP contribution in [-0.2, 0) is 6.42 Å². The minimum absolute atomic E-state index is 0.850. The van der Waals surface area contributed by atoms with E-state index in [0.717, 1.165) is 28.6 Å². The van der Waals surface area contributed by atoms with Gasteiger partial charge in [0.05, 0.1) is 0 Å². The van der Waals surface area contributed by atoms with Crippen molar-refractivity contribution in [1.29, 1.82) is 0 Å². The summed E-state index contributed by atoms with van der Waals surface area (Å²) in [7, 11) is 0. The Morgan fingerprint density at radius 1 is 1.00 bits per heavy atom. The van der Waals surface area contributed by atoms with Gasteiger partial charge in [0, 0.05) is 10.9 Å². The molecule has 3 aromatic rings. The minimum atomic E-state index is 0.850. The fraction of sp³-hybridized carbons (Fsp3) is 0.133. The van der Waals surface area contributed by atoms with E-state index in [4.69, 9.17) is 4.52 Å².